The van der Waals surface area contributed by atoms with E-state index in [2.05, 4.69) is 15.5 Å². The van der Waals surface area contributed by atoms with Gasteiger partial charge in [0, 0.05) is 0 Å². The molecule has 0 aliphatic heterocycles. The first kappa shape index (κ1) is 16.8. The maximum absolute atomic E-state index is 12.1. The standard InChI is InChI=1S/C15H19N3O2S2/c1-5-21-15-18-17-14(22-15)16-13(19)11(4)20-12-7-6-9(2)10(3)8-12/h6-8,11H,5H2,1-4H3,(H,16,17,19). The minimum Gasteiger partial charge on any atom is -0.481 e. The number of benzene rings is 1. The zero-order valence-corrected chi connectivity index (χ0v) is 14.7. The number of carbonyl (C=O) groups excluding carboxylic acids is 1. The van der Waals surface area contributed by atoms with E-state index in [0.717, 1.165) is 15.7 Å². The molecule has 0 fully saturated rings. The number of hydrogen-bond donors (Lipinski definition) is 1. The number of aryl methyl sites for hydroxylation is 2. The van der Waals surface area contributed by atoms with Crippen LogP contribution >= 0.6 is 23.1 Å². The lowest BCUT2D eigenvalue weighted by atomic mass is 10.1. The highest BCUT2D eigenvalue weighted by Crippen LogP contribution is 2.25. The van der Waals surface area contributed by atoms with Crippen LogP contribution in [0.15, 0.2) is 22.5 Å². The van der Waals surface area contributed by atoms with Crippen molar-refractivity contribution in [1.82, 2.24) is 10.2 Å². The maximum atomic E-state index is 12.1. The van der Waals surface area contributed by atoms with Gasteiger partial charge in [0.25, 0.3) is 5.91 Å². The Hall–Kier alpha value is -1.60. The fourth-order valence-electron chi connectivity index (χ4n) is 1.69. The van der Waals surface area contributed by atoms with Crippen LogP contribution in [-0.2, 0) is 4.79 Å². The smallest absolute Gasteiger partial charge is 0.266 e. The van der Waals surface area contributed by atoms with Gasteiger partial charge in [-0.15, -0.1) is 10.2 Å². The average Bonchev–Trinajstić information content (AvgIpc) is 2.90. The summed E-state index contributed by atoms with van der Waals surface area (Å²) in [5.74, 6) is 1.38. The Kier molecular flexibility index (Phi) is 5.79. The van der Waals surface area contributed by atoms with Crippen LogP contribution in [0, 0.1) is 13.8 Å². The lowest BCUT2D eigenvalue weighted by molar-refractivity contribution is -0.122. The second kappa shape index (κ2) is 7.60. The SMILES string of the molecule is CCSc1nnc(NC(=O)C(C)Oc2ccc(C)c(C)c2)s1. The molecule has 1 aromatic heterocycles. The summed E-state index contributed by atoms with van der Waals surface area (Å²) in [5.41, 5.74) is 2.33. The minimum absolute atomic E-state index is 0.234. The monoisotopic (exact) mass is 337 g/mol. The number of amides is 1. The molecule has 0 saturated heterocycles. The van der Waals surface area contributed by atoms with Crippen molar-refractivity contribution in [2.24, 2.45) is 0 Å². The molecule has 22 heavy (non-hydrogen) atoms. The molecule has 1 N–H and O–H groups in total. The van der Waals surface area contributed by atoms with Crippen LogP contribution in [0.2, 0.25) is 0 Å². The molecular formula is C15H19N3O2S2. The number of aromatic nitrogens is 2. The lowest BCUT2D eigenvalue weighted by Gasteiger charge is -2.14. The van der Waals surface area contributed by atoms with Gasteiger partial charge in [-0.1, -0.05) is 36.1 Å². The van der Waals surface area contributed by atoms with Gasteiger partial charge >= 0.3 is 0 Å². The summed E-state index contributed by atoms with van der Waals surface area (Å²) in [5, 5.41) is 11.2. The second-order valence-corrected chi connectivity index (χ2v) is 7.29. The Bertz CT molecular complexity index is 658. The van der Waals surface area contributed by atoms with Crippen LogP contribution < -0.4 is 10.1 Å². The van der Waals surface area contributed by atoms with E-state index in [1.165, 1.54) is 16.9 Å². The van der Waals surface area contributed by atoms with Gasteiger partial charge < -0.3 is 4.74 Å². The lowest BCUT2D eigenvalue weighted by Crippen LogP contribution is -2.30. The number of hydrogen-bond acceptors (Lipinski definition) is 6. The molecule has 0 saturated carbocycles. The van der Waals surface area contributed by atoms with Gasteiger partial charge in [0.15, 0.2) is 10.4 Å². The molecule has 2 aromatic rings. The third kappa shape index (κ3) is 4.45. The normalized spacial score (nSPS) is 12.0. The molecule has 0 bridgehead atoms. The molecular weight excluding hydrogens is 318 g/mol. The highest BCUT2D eigenvalue weighted by atomic mass is 32.2. The van der Waals surface area contributed by atoms with Crippen LogP contribution in [0.5, 0.6) is 5.75 Å². The first-order valence-corrected chi connectivity index (χ1v) is 8.81. The fourth-order valence-corrected chi connectivity index (χ4v) is 3.35. The van der Waals surface area contributed by atoms with E-state index in [-0.39, 0.29) is 5.91 Å². The summed E-state index contributed by atoms with van der Waals surface area (Å²) in [6.07, 6.45) is -0.603. The third-order valence-electron chi connectivity index (χ3n) is 3.06. The molecule has 7 heteroatoms. The Morgan fingerprint density at radius 1 is 1.36 bits per heavy atom. The molecule has 1 aromatic carbocycles. The Morgan fingerprint density at radius 3 is 2.82 bits per heavy atom. The summed E-state index contributed by atoms with van der Waals surface area (Å²) in [6, 6.07) is 5.78. The van der Waals surface area contributed by atoms with Crippen molar-refractivity contribution < 1.29 is 9.53 Å². The van der Waals surface area contributed by atoms with Crippen molar-refractivity contribution in [1.29, 1.82) is 0 Å². The van der Waals surface area contributed by atoms with E-state index in [9.17, 15) is 4.79 Å². The number of thioether (sulfide) groups is 1. The molecule has 0 radical (unpaired) electrons. The van der Waals surface area contributed by atoms with Gasteiger partial charge in [-0.2, -0.15) is 0 Å². The van der Waals surface area contributed by atoms with Gasteiger partial charge in [0.2, 0.25) is 5.13 Å². The van der Waals surface area contributed by atoms with Crippen LogP contribution in [0.25, 0.3) is 0 Å². The van der Waals surface area contributed by atoms with Crippen molar-refractivity contribution in [3.63, 3.8) is 0 Å². The average molecular weight is 337 g/mol. The zero-order valence-electron chi connectivity index (χ0n) is 13.0. The van der Waals surface area contributed by atoms with E-state index >= 15 is 0 Å². The number of ether oxygens (including phenoxy) is 1. The summed E-state index contributed by atoms with van der Waals surface area (Å²) >= 11 is 2.97. The first-order chi connectivity index (χ1) is 10.5. The minimum atomic E-state index is -0.603. The molecule has 0 aliphatic rings. The van der Waals surface area contributed by atoms with Gasteiger partial charge in [0.05, 0.1) is 0 Å². The fraction of sp³-hybridized carbons (Fsp3) is 0.400. The predicted octanol–water partition coefficient (Wildman–Crippen LogP) is 3.67. The Labute approximate surface area is 138 Å². The van der Waals surface area contributed by atoms with Crippen LogP contribution in [-0.4, -0.2) is 28.0 Å². The Balaban J connectivity index is 1.94. The molecule has 0 spiro atoms. The predicted molar refractivity (Wildman–Crippen MR) is 90.9 cm³/mol. The summed E-state index contributed by atoms with van der Waals surface area (Å²) in [4.78, 5) is 12.1. The largest absolute Gasteiger partial charge is 0.481 e. The number of rotatable bonds is 6. The highest BCUT2D eigenvalue weighted by molar-refractivity contribution is 8.01. The van der Waals surface area contributed by atoms with Crippen molar-refractivity contribution >= 4 is 34.1 Å². The van der Waals surface area contributed by atoms with E-state index in [0.29, 0.717) is 10.9 Å². The number of nitrogens with one attached hydrogen (secondary N) is 1. The number of nitrogens with zero attached hydrogens (tertiary/aromatic N) is 2. The number of anilines is 1. The maximum Gasteiger partial charge on any atom is 0.266 e. The quantitative estimate of drug-likeness (QED) is 0.643. The van der Waals surface area contributed by atoms with Crippen LogP contribution in [0.1, 0.15) is 25.0 Å². The van der Waals surface area contributed by atoms with Crippen molar-refractivity contribution in [2.75, 3.05) is 11.1 Å². The van der Waals surface area contributed by atoms with Gasteiger partial charge in [-0.05, 0) is 49.8 Å². The molecule has 5 nitrogen and oxygen atoms in total. The van der Waals surface area contributed by atoms with E-state index < -0.39 is 6.10 Å². The Morgan fingerprint density at radius 2 is 2.14 bits per heavy atom. The van der Waals surface area contributed by atoms with Gasteiger partial charge in [0.1, 0.15) is 5.75 Å². The van der Waals surface area contributed by atoms with E-state index in [1.54, 1.807) is 18.7 Å². The second-order valence-electron chi connectivity index (χ2n) is 4.80. The first-order valence-electron chi connectivity index (χ1n) is 7.00. The summed E-state index contributed by atoms with van der Waals surface area (Å²) < 4.78 is 6.53. The third-order valence-corrected chi connectivity index (χ3v) is 4.92. The van der Waals surface area contributed by atoms with Crippen LogP contribution in [0.4, 0.5) is 5.13 Å². The highest BCUT2D eigenvalue weighted by Gasteiger charge is 2.17. The van der Waals surface area contributed by atoms with Crippen LogP contribution in [0.3, 0.4) is 0 Å². The zero-order chi connectivity index (χ0) is 16.1. The molecule has 1 atom stereocenters. The van der Waals surface area contributed by atoms with Crippen molar-refractivity contribution in [3.8, 4) is 5.75 Å². The van der Waals surface area contributed by atoms with Gasteiger partial charge in [-0.3, -0.25) is 10.1 Å². The van der Waals surface area contributed by atoms with E-state index in [1.807, 2.05) is 39.0 Å². The molecule has 118 valence electrons. The van der Waals surface area contributed by atoms with Crippen molar-refractivity contribution in [2.45, 2.75) is 38.1 Å². The molecule has 1 unspecified atom stereocenters. The molecule has 1 heterocycles. The molecule has 1 amide bonds. The molecule has 0 aliphatic carbocycles. The van der Waals surface area contributed by atoms with Gasteiger partial charge in [-0.25, -0.2) is 0 Å². The molecule has 2 rings (SSSR count). The topological polar surface area (TPSA) is 64.1 Å². The number of carbonyl (C=O) groups is 1. The van der Waals surface area contributed by atoms with E-state index in [4.69, 9.17) is 4.74 Å². The summed E-state index contributed by atoms with van der Waals surface area (Å²) in [7, 11) is 0. The summed E-state index contributed by atoms with van der Waals surface area (Å²) in [6.45, 7) is 7.81. The van der Waals surface area contributed by atoms with Crippen molar-refractivity contribution in [3.05, 3.63) is 29.3 Å².